The van der Waals surface area contributed by atoms with Gasteiger partial charge in [-0.3, -0.25) is 19.2 Å². The second-order valence-corrected chi connectivity index (χ2v) is 22.6. The van der Waals surface area contributed by atoms with Crippen LogP contribution in [0.5, 0.6) is 0 Å². The third kappa shape index (κ3) is 16.6. The molecule has 0 radical (unpaired) electrons. The number of nitrogens with one attached hydrogen (secondary N) is 4. The quantitative estimate of drug-likeness (QED) is 0.0452. The summed E-state index contributed by atoms with van der Waals surface area (Å²) in [7, 11) is 0. The zero-order valence-electron chi connectivity index (χ0n) is 48.6. The van der Waals surface area contributed by atoms with Crippen LogP contribution in [0.4, 0.5) is 0 Å². The molecular weight excluding hydrogens is 1230 g/mol. The lowest BCUT2D eigenvalue weighted by Crippen LogP contribution is -2.69. The fourth-order valence-corrected chi connectivity index (χ4v) is 11.4. The van der Waals surface area contributed by atoms with Crippen molar-refractivity contribution < 1.29 is 178 Å². The van der Waals surface area contributed by atoms with E-state index in [1.165, 1.54) is 0 Å². The van der Waals surface area contributed by atoms with Crippen LogP contribution in [0.1, 0.15) is 27.7 Å². The van der Waals surface area contributed by atoms with Crippen LogP contribution in [-0.2, 0) is 80.8 Å². The number of hydrogen-bond donors (Lipinski definition) is 23. The first kappa shape index (κ1) is 74.0. The zero-order valence-corrected chi connectivity index (χ0v) is 48.6. The Morgan fingerprint density at radius 2 is 0.600 bits per heavy atom. The van der Waals surface area contributed by atoms with Crippen molar-refractivity contribution in [2.45, 2.75) is 242 Å². The molecule has 90 heavy (non-hydrogen) atoms. The fraction of sp³-hybridized carbons (Fsp3) is 0.920. The van der Waals surface area contributed by atoms with Crippen molar-refractivity contribution in [2.24, 2.45) is 0 Å². The first-order valence-electron chi connectivity index (χ1n) is 28.6. The third-order valence-corrected chi connectivity index (χ3v) is 16.1. The topological polar surface area (TPSA) is 621 Å². The first-order valence-corrected chi connectivity index (χ1v) is 28.6. The highest BCUT2D eigenvalue weighted by molar-refractivity contribution is 5.74. The second kappa shape index (κ2) is 32.4. The van der Waals surface area contributed by atoms with Crippen molar-refractivity contribution in [2.75, 3.05) is 46.2 Å². The molecule has 7 saturated heterocycles. The molecule has 0 aliphatic carbocycles. The van der Waals surface area contributed by atoms with Crippen molar-refractivity contribution >= 4 is 23.6 Å². The summed E-state index contributed by atoms with van der Waals surface area (Å²) in [5.41, 5.74) is 0. The summed E-state index contributed by atoms with van der Waals surface area (Å²) in [4.78, 5) is 49.2. The molecule has 23 N–H and O–H groups in total. The summed E-state index contributed by atoms with van der Waals surface area (Å²) in [6.07, 6.45) is -61.9. The molecule has 7 fully saturated rings. The molecule has 4 amide bonds. The molecule has 0 spiro atoms. The number of carbonyl (C=O) groups is 4. The average Bonchev–Trinajstić information content (AvgIpc) is 0.810. The number of rotatable bonds is 23. The predicted molar refractivity (Wildman–Crippen MR) is 278 cm³/mol. The van der Waals surface area contributed by atoms with Crippen molar-refractivity contribution in [3.8, 4) is 0 Å². The lowest BCUT2D eigenvalue weighted by molar-refractivity contribution is -0.394. The number of aliphatic hydroxyl groups excluding tert-OH is 19. The van der Waals surface area contributed by atoms with Gasteiger partial charge in [0, 0.05) is 27.7 Å². The molecule has 0 aromatic carbocycles. The number of amides is 4. The zero-order chi connectivity index (χ0) is 66.5. The highest BCUT2D eigenvalue weighted by Gasteiger charge is 2.58. The summed E-state index contributed by atoms with van der Waals surface area (Å²) in [6.45, 7) is -2.91. The maximum atomic E-state index is 12.4. The molecule has 7 aliphatic rings. The molecule has 40 heteroatoms. The van der Waals surface area contributed by atoms with Gasteiger partial charge in [-0.1, -0.05) is 0 Å². The van der Waals surface area contributed by atoms with Gasteiger partial charge in [-0.15, -0.1) is 0 Å². The molecular formula is C50H84N4O36. The smallest absolute Gasteiger partial charge is 0.217 e. The molecule has 1 unspecified atom stereocenters. The number of carbonyl (C=O) groups excluding carboxylic acids is 4. The second-order valence-electron chi connectivity index (χ2n) is 22.6. The molecule has 0 aromatic heterocycles. The predicted octanol–water partition coefficient (Wildman–Crippen LogP) is -15.7. The van der Waals surface area contributed by atoms with Gasteiger partial charge in [0.25, 0.3) is 0 Å². The minimum Gasteiger partial charge on any atom is -0.394 e. The summed E-state index contributed by atoms with van der Waals surface area (Å²) in [5.74, 6) is -3.23. The maximum Gasteiger partial charge on any atom is 0.217 e. The Balaban J connectivity index is 1.26. The Kier molecular flexibility index (Phi) is 26.6. The van der Waals surface area contributed by atoms with Crippen LogP contribution in [-0.4, -0.2) is 382 Å². The van der Waals surface area contributed by atoms with Crippen LogP contribution < -0.4 is 21.3 Å². The number of aliphatic hydroxyl groups is 19. The maximum absolute atomic E-state index is 12.4. The van der Waals surface area contributed by atoms with Crippen molar-refractivity contribution in [1.82, 2.24) is 21.3 Å². The van der Waals surface area contributed by atoms with Gasteiger partial charge in [-0.25, -0.2) is 0 Å². The number of ether oxygens (including phenoxy) is 13. The standard InChI is InChI=1S/C50H84N4O36/c1-12(60)51-23-36(73)40(20(9-59)80-44(23)77)87-48-39(76)41(88-50-43(37(74)30(67)19(8-58)84-50)90-47-26(54-15(4)63)35(72)29(66)18(7-57)83-47)32(69)22(85-48)11-79-49-42(89-46-25(53-14(3)62)34(71)28(65)17(6-56)82-46)38(75)31(68)21(86-49)10-78-45-24(52-13(2)61)33(70)27(64)16(5-55)81-45/h16-50,55-59,64-77H,5-11H2,1-4H3,(H,51,60)(H,52,61)(H,53,62)(H,54,63)/t16-,17-,18-,19-,20-,21-,22-,23-,24-,25-,26+,27-,28-,29-,30-,31-,32-,33-,34-,35-,36-,37+,38+,39+,40-,41+,42+,43+,44?,45-,46+,47+,48+,49+,50-/m1/s1. The monoisotopic (exact) mass is 1320 g/mol. The van der Waals surface area contributed by atoms with Crippen molar-refractivity contribution in [3.63, 3.8) is 0 Å². The largest absolute Gasteiger partial charge is 0.394 e. The van der Waals surface area contributed by atoms with Crippen LogP contribution in [0.2, 0.25) is 0 Å². The SMILES string of the molecule is CC(=O)N[C@@H]1[C@H](O[C@@H]2[C@@H](O[C@@H]3[C@H](O)[C@H](O[C@H]4[C@H](O)[C@@H](NC(C)=O)C(O)O[C@@H]4CO)O[C@H](CO[C@H]4O[C@H](CO[C@@H]5O[C@H](CO)[C@@H](O)[C@H](O)[C@H]5NC(C)=O)[C@@H](O)[C@H](O)[C@@H]4O[C@@H]4O[C@H](CO)[C@@H](O)[C@H](O)[C@H]4NC(C)=O)[C@H]3O)O[C@H](CO)[C@@H](O)[C@@H]2O)O[C@H](CO)[C@@H](O)[C@@H]1O. The molecule has 0 bridgehead atoms. The van der Waals surface area contributed by atoms with E-state index in [-0.39, 0.29) is 0 Å². The van der Waals surface area contributed by atoms with Gasteiger partial charge >= 0.3 is 0 Å². The van der Waals surface area contributed by atoms with E-state index < -0.39 is 285 Å². The average molecular weight is 1320 g/mol. The summed E-state index contributed by atoms with van der Waals surface area (Å²) in [5, 5.41) is 218. The van der Waals surface area contributed by atoms with E-state index in [1.54, 1.807) is 0 Å². The third-order valence-electron chi connectivity index (χ3n) is 16.1. The van der Waals surface area contributed by atoms with Gasteiger partial charge in [-0.2, -0.15) is 0 Å². The molecule has 520 valence electrons. The summed E-state index contributed by atoms with van der Waals surface area (Å²) in [6, 6.07) is -6.72. The summed E-state index contributed by atoms with van der Waals surface area (Å²) >= 11 is 0. The Bertz CT molecular complexity index is 2310. The van der Waals surface area contributed by atoms with E-state index in [4.69, 9.17) is 61.6 Å². The molecule has 0 aromatic rings. The minimum atomic E-state index is -2.41. The fourth-order valence-electron chi connectivity index (χ4n) is 11.4. The minimum absolute atomic E-state index is 0.757. The van der Waals surface area contributed by atoms with Gasteiger partial charge in [-0.05, 0) is 0 Å². The van der Waals surface area contributed by atoms with Gasteiger partial charge < -0.3 is 180 Å². The molecule has 7 aliphatic heterocycles. The van der Waals surface area contributed by atoms with E-state index in [1.807, 2.05) is 0 Å². The Hall–Kier alpha value is -3.40. The summed E-state index contributed by atoms with van der Waals surface area (Å²) < 4.78 is 76.6. The van der Waals surface area contributed by atoms with Crippen molar-refractivity contribution in [1.29, 1.82) is 0 Å². The first-order chi connectivity index (χ1) is 42.5. The normalized spacial score (nSPS) is 47.6. The lowest BCUT2D eigenvalue weighted by atomic mass is 9.94. The van der Waals surface area contributed by atoms with Crippen molar-refractivity contribution in [3.05, 3.63) is 0 Å². The molecule has 0 saturated carbocycles. The molecule has 35 atom stereocenters. The Morgan fingerprint density at radius 3 is 1.03 bits per heavy atom. The highest BCUT2D eigenvalue weighted by atomic mass is 16.8. The molecule has 7 rings (SSSR count). The van der Waals surface area contributed by atoms with Crippen LogP contribution in [0.15, 0.2) is 0 Å². The van der Waals surface area contributed by atoms with E-state index in [9.17, 15) is 116 Å². The van der Waals surface area contributed by atoms with Crippen LogP contribution in [0, 0.1) is 0 Å². The van der Waals surface area contributed by atoms with Crippen LogP contribution in [0.3, 0.4) is 0 Å². The molecule has 7 heterocycles. The van der Waals surface area contributed by atoms with E-state index in [0.717, 1.165) is 27.7 Å². The van der Waals surface area contributed by atoms with E-state index >= 15 is 0 Å². The van der Waals surface area contributed by atoms with E-state index in [0.29, 0.717) is 0 Å². The van der Waals surface area contributed by atoms with Crippen LogP contribution >= 0.6 is 0 Å². The van der Waals surface area contributed by atoms with Gasteiger partial charge in [0.2, 0.25) is 23.6 Å². The Labute approximate surface area is 510 Å². The van der Waals surface area contributed by atoms with Gasteiger partial charge in [0.15, 0.2) is 44.0 Å². The number of hydrogen-bond acceptors (Lipinski definition) is 36. The Morgan fingerprint density at radius 1 is 0.289 bits per heavy atom. The lowest BCUT2D eigenvalue weighted by Gasteiger charge is -2.50. The van der Waals surface area contributed by atoms with E-state index in [2.05, 4.69) is 21.3 Å². The van der Waals surface area contributed by atoms with Crippen LogP contribution in [0.25, 0.3) is 0 Å². The van der Waals surface area contributed by atoms with Gasteiger partial charge in [0.1, 0.15) is 171 Å². The highest BCUT2D eigenvalue weighted by Crippen LogP contribution is 2.37. The van der Waals surface area contributed by atoms with Gasteiger partial charge in [0.05, 0.1) is 46.2 Å². The molecule has 40 nitrogen and oxygen atoms in total.